The van der Waals surface area contributed by atoms with Gasteiger partial charge in [0.05, 0.1) is 23.8 Å². The zero-order valence-electron chi connectivity index (χ0n) is 16.3. The molecule has 2 aromatic carbocycles. The van der Waals surface area contributed by atoms with Crippen LogP contribution in [0.15, 0.2) is 66.2 Å². The third-order valence-electron chi connectivity index (χ3n) is 6.67. The summed E-state index contributed by atoms with van der Waals surface area (Å²) < 4.78 is 6.11. The van der Waals surface area contributed by atoms with Gasteiger partial charge in [-0.15, -0.1) is 0 Å². The number of para-hydroxylation sites is 1. The summed E-state index contributed by atoms with van der Waals surface area (Å²) in [4.78, 5) is 33.9. The van der Waals surface area contributed by atoms with Crippen molar-refractivity contribution >= 4 is 17.5 Å². The number of aliphatic hydroxyl groups is 1. The number of rotatable bonds is 1. The van der Waals surface area contributed by atoms with Gasteiger partial charge in [0.15, 0.2) is 11.8 Å². The first-order valence-corrected chi connectivity index (χ1v) is 10.0. The summed E-state index contributed by atoms with van der Waals surface area (Å²) in [5.74, 6) is -1.03. The summed E-state index contributed by atoms with van der Waals surface area (Å²) in [6.45, 7) is 1.83. The van der Waals surface area contributed by atoms with E-state index >= 15 is 0 Å². The number of nitrogens with zero attached hydrogens (tertiary/aromatic N) is 2. The fourth-order valence-electron chi connectivity index (χ4n) is 5.47. The Bertz CT molecular complexity index is 1100. The molecule has 0 radical (unpaired) electrons. The second-order valence-corrected chi connectivity index (χ2v) is 8.18. The van der Waals surface area contributed by atoms with Crippen LogP contribution in [0.5, 0.6) is 0 Å². The predicted octanol–water partition coefficient (Wildman–Crippen LogP) is 2.19. The first-order chi connectivity index (χ1) is 14.5. The van der Waals surface area contributed by atoms with E-state index in [2.05, 4.69) is 0 Å². The van der Waals surface area contributed by atoms with Gasteiger partial charge in [-0.05, 0) is 36.8 Å². The van der Waals surface area contributed by atoms with Crippen molar-refractivity contribution in [2.75, 3.05) is 11.5 Å². The van der Waals surface area contributed by atoms with E-state index < -0.39 is 29.9 Å². The zero-order valence-corrected chi connectivity index (χ0v) is 16.3. The number of hydrogen-bond acceptors (Lipinski definition) is 5. The monoisotopic (exact) mass is 404 g/mol. The van der Waals surface area contributed by atoms with Crippen LogP contribution in [0.4, 0.5) is 5.69 Å². The van der Waals surface area contributed by atoms with E-state index in [1.807, 2.05) is 43.3 Å². The van der Waals surface area contributed by atoms with Crippen molar-refractivity contribution in [3.8, 4) is 0 Å². The van der Waals surface area contributed by atoms with E-state index in [0.717, 1.165) is 5.57 Å². The molecule has 4 unspecified atom stereocenters. The fourth-order valence-corrected chi connectivity index (χ4v) is 5.47. The van der Waals surface area contributed by atoms with Crippen LogP contribution in [0.1, 0.15) is 28.9 Å². The average Bonchev–Trinajstić information content (AvgIpc) is 3.12. The highest BCUT2D eigenvalue weighted by Crippen LogP contribution is 2.59. The number of amides is 2. The van der Waals surface area contributed by atoms with Gasteiger partial charge in [-0.25, -0.2) is 5.06 Å². The van der Waals surface area contributed by atoms with Gasteiger partial charge in [-0.1, -0.05) is 36.4 Å². The third-order valence-corrected chi connectivity index (χ3v) is 6.67. The highest BCUT2D eigenvalue weighted by Gasteiger charge is 2.71. The van der Waals surface area contributed by atoms with Crippen molar-refractivity contribution < 1.29 is 24.3 Å². The molecule has 7 nitrogen and oxygen atoms in total. The topological polar surface area (TPSA) is 79.3 Å². The average molecular weight is 404 g/mol. The molecule has 1 N–H and O–H groups in total. The molecule has 2 amide bonds. The Balaban J connectivity index is 1.52. The van der Waals surface area contributed by atoms with Crippen molar-refractivity contribution in [2.45, 2.75) is 30.9 Å². The number of aliphatic hydroxyl groups excluding tert-OH is 1. The van der Waals surface area contributed by atoms with Crippen LogP contribution in [0, 0.1) is 5.92 Å². The Morgan fingerprint density at radius 1 is 1.13 bits per heavy atom. The molecule has 1 spiro atoms. The molecule has 2 aromatic rings. The quantitative estimate of drug-likeness (QED) is 0.738. The van der Waals surface area contributed by atoms with Gasteiger partial charge >= 0.3 is 0 Å². The number of fused-ring (bicyclic) bond motifs is 3. The lowest BCUT2D eigenvalue weighted by atomic mass is 9.67. The van der Waals surface area contributed by atoms with E-state index in [4.69, 9.17) is 9.57 Å². The largest absolute Gasteiger partial charge is 0.388 e. The maximum absolute atomic E-state index is 13.3. The number of ether oxygens (including phenoxy) is 1. The lowest BCUT2D eigenvalue weighted by Gasteiger charge is -2.61. The molecule has 152 valence electrons. The van der Waals surface area contributed by atoms with Gasteiger partial charge in [-0.2, -0.15) is 0 Å². The molecule has 30 heavy (non-hydrogen) atoms. The zero-order chi connectivity index (χ0) is 20.6. The smallest absolute Gasteiger partial charge is 0.278 e. The summed E-state index contributed by atoms with van der Waals surface area (Å²) in [7, 11) is 0. The normalized spacial score (nSPS) is 33.7. The Kier molecular flexibility index (Phi) is 3.57. The van der Waals surface area contributed by atoms with E-state index in [0.29, 0.717) is 16.8 Å². The van der Waals surface area contributed by atoms with Crippen LogP contribution in [-0.2, 0) is 14.4 Å². The lowest BCUT2D eigenvalue weighted by molar-refractivity contribution is -0.307. The van der Waals surface area contributed by atoms with Gasteiger partial charge in [0.2, 0.25) is 0 Å². The van der Waals surface area contributed by atoms with Crippen LogP contribution in [0.2, 0.25) is 0 Å². The molecule has 0 aromatic heterocycles. The van der Waals surface area contributed by atoms with Crippen LogP contribution in [0.25, 0.3) is 0 Å². The minimum absolute atomic E-state index is 0.0936. The van der Waals surface area contributed by atoms with Crippen molar-refractivity contribution in [1.29, 1.82) is 0 Å². The van der Waals surface area contributed by atoms with Crippen molar-refractivity contribution in [2.24, 2.45) is 5.92 Å². The number of hydroxylamine groups is 2. The van der Waals surface area contributed by atoms with Crippen molar-refractivity contribution in [3.63, 3.8) is 0 Å². The molecule has 5 aliphatic rings. The summed E-state index contributed by atoms with van der Waals surface area (Å²) in [6.07, 6.45) is 0.270. The summed E-state index contributed by atoms with van der Waals surface area (Å²) in [5.41, 5.74) is 1.52. The number of benzene rings is 2. The predicted molar refractivity (Wildman–Crippen MR) is 106 cm³/mol. The third kappa shape index (κ3) is 2.04. The highest BCUT2D eigenvalue weighted by atomic mass is 16.7. The Hall–Kier alpha value is -3.00. The maximum Gasteiger partial charge on any atom is 0.278 e. The Morgan fingerprint density at radius 3 is 2.67 bits per heavy atom. The van der Waals surface area contributed by atoms with Gasteiger partial charge in [-0.3, -0.25) is 19.3 Å². The van der Waals surface area contributed by atoms with Crippen LogP contribution in [-0.4, -0.2) is 46.5 Å². The Morgan fingerprint density at radius 2 is 1.87 bits per heavy atom. The van der Waals surface area contributed by atoms with Gasteiger partial charge in [0.1, 0.15) is 6.61 Å². The maximum atomic E-state index is 13.3. The molecule has 2 bridgehead atoms. The van der Waals surface area contributed by atoms with Crippen molar-refractivity contribution in [3.05, 3.63) is 77.4 Å². The van der Waals surface area contributed by atoms with Gasteiger partial charge < -0.3 is 9.84 Å². The lowest BCUT2D eigenvalue weighted by Crippen LogP contribution is -2.75. The molecule has 7 heteroatoms. The fraction of sp³-hybridized carbons (Fsp3) is 0.304. The molecule has 1 aliphatic carbocycles. The summed E-state index contributed by atoms with van der Waals surface area (Å²) in [6, 6.07) is 15.6. The van der Waals surface area contributed by atoms with E-state index in [-0.39, 0.29) is 18.4 Å². The van der Waals surface area contributed by atoms with E-state index in [1.165, 1.54) is 5.06 Å². The molecule has 2 fully saturated rings. The minimum Gasteiger partial charge on any atom is -0.388 e. The summed E-state index contributed by atoms with van der Waals surface area (Å²) >= 11 is 0. The van der Waals surface area contributed by atoms with E-state index in [9.17, 15) is 14.7 Å². The second-order valence-electron chi connectivity index (χ2n) is 8.18. The molecule has 4 heterocycles. The summed E-state index contributed by atoms with van der Waals surface area (Å²) in [5, 5.41) is 12.8. The minimum atomic E-state index is -1.18. The molecule has 7 rings (SSSR count). The van der Waals surface area contributed by atoms with Gasteiger partial charge in [0.25, 0.3) is 11.8 Å². The molecule has 0 saturated carbocycles. The second kappa shape index (κ2) is 6.01. The number of anilines is 1. The molecular formula is C23H20N2O5. The molecule has 5 atom stereocenters. The SMILES string of the molecule is CC1=CC2ON(C(=O)c3ccccc3)C1C1C(O)c3ccccc3N3C(=O)CO[C@]213. The molecular weight excluding hydrogens is 384 g/mol. The van der Waals surface area contributed by atoms with Gasteiger partial charge in [0, 0.05) is 11.1 Å². The molecule has 2 saturated heterocycles. The van der Waals surface area contributed by atoms with E-state index in [1.54, 1.807) is 29.2 Å². The number of carbonyl (C=O) groups excluding carboxylic acids is 2. The molecule has 4 aliphatic heterocycles. The Labute approximate surface area is 173 Å². The van der Waals surface area contributed by atoms with Crippen LogP contribution in [0.3, 0.4) is 0 Å². The van der Waals surface area contributed by atoms with Crippen molar-refractivity contribution in [1.82, 2.24) is 5.06 Å². The number of carbonyl (C=O) groups is 2. The first kappa shape index (κ1) is 17.8. The van der Waals surface area contributed by atoms with Crippen LogP contribution < -0.4 is 4.90 Å². The first-order valence-electron chi connectivity index (χ1n) is 10.0. The standard InChI is InChI=1S/C23H20N2O5/c1-13-11-17-23-19(20(13)25(30-17)22(28)14-7-3-2-4-8-14)21(27)15-9-5-6-10-16(15)24(23)18(26)12-29-23/h2-11,17,19-21,27H,12H2,1H3/t17?,19?,20?,21?,23-/m1/s1. The number of hydrogen-bond donors (Lipinski definition) is 1. The highest BCUT2D eigenvalue weighted by molar-refractivity contribution is 6.00. The van der Waals surface area contributed by atoms with Crippen LogP contribution >= 0.6 is 0 Å².